The molecule has 4 aromatic carbocycles. The van der Waals surface area contributed by atoms with E-state index in [1.54, 1.807) is 12.1 Å². The van der Waals surface area contributed by atoms with E-state index in [1.807, 2.05) is 91.0 Å². The largest absolute Gasteiger partial charge is 0.457 e. The van der Waals surface area contributed by atoms with E-state index in [2.05, 4.69) is 17.4 Å². The molecule has 5 heteroatoms. The Balaban J connectivity index is 1.47. The molecule has 0 aliphatic rings. The summed E-state index contributed by atoms with van der Waals surface area (Å²) in [5.41, 5.74) is 3.35. The van der Waals surface area contributed by atoms with Gasteiger partial charge in [0.05, 0.1) is 16.1 Å². The summed E-state index contributed by atoms with van der Waals surface area (Å²) >= 11 is 1.46. The fourth-order valence-electron chi connectivity index (χ4n) is 3.47. The highest BCUT2D eigenvalue weighted by molar-refractivity contribution is 7.19. The Bertz CT molecular complexity index is 1310. The minimum absolute atomic E-state index is 0.269. The number of thiazole rings is 1. The van der Waals surface area contributed by atoms with E-state index in [0.29, 0.717) is 22.2 Å². The van der Waals surface area contributed by atoms with Crippen molar-refractivity contribution in [2.45, 2.75) is 0 Å². The van der Waals surface area contributed by atoms with Crippen LogP contribution in [0.4, 0.5) is 5.13 Å². The van der Waals surface area contributed by atoms with Gasteiger partial charge in [0.1, 0.15) is 11.5 Å². The second kappa shape index (κ2) is 9.51. The highest BCUT2D eigenvalue weighted by Crippen LogP contribution is 2.39. The van der Waals surface area contributed by atoms with Crippen LogP contribution in [0.25, 0.3) is 21.7 Å². The van der Waals surface area contributed by atoms with Crippen LogP contribution in [0.1, 0.15) is 10.4 Å². The summed E-state index contributed by atoms with van der Waals surface area (Å²) in [6.45, 7) is 0. The van der Waals surface area contributed by atoms with Gasteiger partial charge in [0.2, 0.25) is 0 Å². The van der Waals surface area contributed by atoms with Gasteiger partial charge in [-0.25, -0.2) is 4.98 Å². The van der Waals surface area contributed by atoms with Crippen LogP contribution >= 0.6 is 11.3 Å². The van der Waals surface area contributed by atoms with Crippen molar-refractivity contribution in [3.8, 4) is 33.2 Å². The molecule has 0 radical (unpaired) electrons. The Morgan fingerprint density at radius 2 is 1.27 bits per heavy atom. The van der Waals surface area contributed by atoms with Gasteiger partial charge in [-0.3, -0.25) is 10.1 Å². The first kappa shape index (κ1) is 20.7. The molecule has 0 saturated carbocycles. The molecule has 5 aromatic rings. The van der Waals surface area contributed by atoms with Crippen LogP contribution in [0, 0.1) is 0 Å². The number of nitrogens with one attached hydrogen (secondary N) is 1. The first-order chi connectivity index (χ1) is 16.3. The average molecular weight is 449 g/mol. The van der Waals surface area contributed by atoms with Gasteiger partial charge in [0.25, 0.3) is 5.91 Å². The van der Waals surface area contributed by atoms with E-state index in [1.165, 1.54) is 11.3 Å². The zero-order valence-electron chi connectivity index (χ0n) is 17.6. The summed E-state index contributed by atoms with van der Waals surface area (Å²) in [5.74, 6) is 0.892. The number of carbonyl (C=O) groups is 1. The van der Waals surface area contributed by atoms with Crippen molar-refractivity contribution in [1.29, 1.82) is 0 Å². The van der Waals surface area contributed by atoms with E-state index in [4.69, 9.17) is 9.72 Å². The average Bonchev–Trinajstić information content (AvgIpc) is 3.30. The first-order valence-electron chi connectivity index (χ1n) is 10.5. The SMILES string of the molecule is O=C(Nc1nc(-c2ccccc2)c(-c2ccccc2)s1)c1ccccc1Oc1ccccc1. The zero-order valence-corrected chi connectivity index (χ0v) is 18.5. The van der Waals surface area contributed by atoms with Gasteiger partial charge in [-0.15, -0.1) is 0 Å². The Hall–Kier alpha value is -4.22. The number of amides is 1. The van der Waals surface area contributed by atoms with Crippen LogP contribution in [-0.2, 0) is 0 Å². The third-order valence-corrected chi connectivity index (χ3v) is 6.05. The molecule has 0 saturated heterocycles. The summed E-state index contributed by atoms with van der Waals surface area (Å²) in [6, 6.07) is 36.7. The molecule has 0 bridgehead atoms. The molecule has 5 rings (SSSR count). The minimum Gasteiger partial charge on any atom is -0.457 e. The number of nitrogens with zero attached hydrogens (tertiary/aromatic N) is 1. The number of carbonyl (C=O) groups excluding carboxylic acids is 1. The van der Waals surface area contributed by atoms with Crippen molar-refractivity contribution < 1.29 is 9.53 Å². The molecule has 0 atom stereocenters. The molecule has 1 aromatic heterocycles. The molecule has 4 nitrogen and oxygen atoms in total. The maximum Gasteiger partial charge on any atom is 0.261 e. The molecule has 0 aliphatic heterocycles. The topological polar surface area (TPSA) is 51.2 Å². The van der Waals surface area contributed by atoms with Crippen molar-refractivity contribution in [1.82, 2.24) is 4.98 Å². The van der Waals surface area contributed by atoms with Crippen molar-refractivity contribution in [3.63, 3.8) is 0 Å². The molecule has 1 N–H and O–H groups in total. The van der Waals surface area contributed by atoms with Crippen LogP contribution in [0.5, 0.6) is 11.5 Å². The molecule has 0 aliphatic carbocycles. The van der Waals surface area contributed by atoms with Gasteiger partial charge in [-0.2, -0.15) is 0 Å². The van der Waals surface area contributed by atoms with Crippen molar-refractivity contribution in [2.24, 2.45) is 0 Å². The Kier molecular flexibility index (Phi) is 5.95. The Morgan fingerprint density at radius 3 is 1.97 bits per heavy atom. The number of ether oxygens (including phenoxy) is 1. The van der Waals surface area contributed by atoms with Crippen molar-refractivity contribution in [2.75, 3.05) is 5.32 Å². The lowest BCUT2D eigenvalue weighted by Crippen LogP contribution is -2.12. The summed E-state index contributed by atoms with van der Waals surface area (Å²) in [4.78, 5) is 19.0. The molecule has 33 heavy (non-hydrogen) atoms. The summed E-state index contributed by atoms with van der Waals surface area (Å²) < 4.78 is 5.96. The van der Waals surface area contributed by atoms with Gasteiger partial charge < -0.3 is 4.74 Å². The monoisotopic (exact) mass is 448 g/mol. The maximum atomic E-state index is 13.2. The predicted molar refractivity (Wildman–Crippen MR) is 134 cm³/mol. The Labute approximate surface area is 196 Å². The van der Waals surface area contributed by atoms with E-state index in [-0.39, 0.29) is 5.91 Å². The molecular weight excluding hydrogens is 428 g/mol. The molecular formula is C28H20N2O2S. The lowest BCUT2D eigenvalue weighted by molar-refractivity contribution is 0.102. The zero-order chi connectivity index (χ0) is 22.5. The second-order valence-corrected chi connectivity index (χ2v) is 8.29. The quantitative estimate of drug-likeness (QED) is 0.292. The summed E-state index contributed by atoms with van der Waals surface area (Å²) in [6.07, 6.45) is 0. The van der Waals surface area contributed by atoms with Gasteiger partial charge in [-0.05, 0) is 29.8 Å². The first-order valence-corrected chi connectivity index (χ1v) is 11.3. The predicted octanol–water partition coefficient (Wildman–Crippen LogP) is 7.52. The van der Waals surface area contributed by atoms with Crippen LogP contribution in [0.15, 0.2) is 115 Å². The number of hydrogen-bond acceptors (Lipinski definition) is 4. The number of benzene rings is 4. The van der Waals surface area contributed by atoms with Crippen molar-refractivity contribution >= 4 is 22.4 Å². The molecule has 1 heterocycles. The number of rotatable bonds is 6. The molecule has 1 amide bonds. The molecule has 160 valence electrons. The van der Waals surface area contributed by atoms with Crippen molar-refractivity contribution in [3.05, 3.63) is 121 Å². The van der Waals surface area contributed by atoms with Crippen LogP contribution in [-0.4, -0.2) is 10.9 Å². The van der Waals surface area contributed by atoms with Gasteiger partial charge in [-0.1, -0.05) is 102 Å². The fraction of sp³-hybridized carbons (Fsp3) is 0. The standard InChI is InChI=1S/C28H20N2O2S/c31-27(23-18-10-11-19-24(23)32-22-16-8-3-9-17-22)30-28-29-25(20-12-4-1-5-13-20)26(33-28)21-14-6-2-7-15-21/h1-19H,(H,29,30,31). The smallest absolute Gasteiger partial charge is 0.261 e. The normalized spacial score (nSPS) is 10.5. The minimum atomic E-state index is -0.269. The second-order valence-electron chi connectivity index (χ2n) is 7.29. The van der Waals surface area contributed by atoms with Crippen LogP contribution < -0.4 is 10.1 Å². The summed E-state index contributed by atoms with van der Waals surface area (Å²) in [7, 11) is 0. The molecule has 0 fully saturated rings. The third-order valence-electron chi connectivity index (χ3n) is 5.03. The highest BCUT2D eigenvalue weighted by Gasteiger charge is 2.19. The number of para-hydroxylation sites is 2. The van der Waals surface area contributed by atoms with Crippen LogP contribution in [0.2, 0.25) is 0 Å². The highest BCUT2D eigenvalue weighted by atomic mass is 32.1. The summed E-state index contributed by atoms with van der Waals surface area (Å²) in [5, 5.41) is 3.51. The third kappa shape index (κ3) is 4.68. The van der Waals surface area contributed by atoms with E-state index >= 15 is 0 Å². The van der Waals surface area contributed by atoms with E-state index in [9.17, 15) is 4.79 Å². The van der Waals surface area contributed by atoms with Gasteiger partial charge in [0.15, 0.2) is 5.13 Å². The lowest BCUT2D eigenvalue weighted by Gasteiger charge is -2.10. The number of anilines is 1. The van der Waals surface area contributed by atoms with Crippen LogP contribution in [0.3, 0.4) is 0 Å². The maximum absolute atomic E-state index is 13.2. The molecule has 0 unspecified atom stereocenters. The van der Waals surface area contributed by atoms with E-state index in [0.717, 1.165) is 21.7 Å². The van der Waals surface area contributed by atoms with E-state index < -0.39 is 0 Å². The van der Waals surface area contributed by atoms with Gasteiger partial charge >= 0.3 is 0 Å². The number of aromatic nitrogens is 1. The van der Waals surface area contributed by atoms with Gasteiger partial charge in [0, 0.05) is 5.56 Å². The Morgan fingerprint density at radius 1 is 0.697 bits per heavy atom. The fourth-order valence-corrected chi connectivity index (χ4v) is 4.46. The lowest BCUT2D eigenvalue weighted by atomic mass is 10.1. The number of hydrogen-bond donors (Lipinski definition) is 1. The molecule has 0 spiro atoms.